The Hall–Kier alpha value is -3.99. The summed E-state index contributed by atoms with van der Waals surface area (Å²) < 4.78 is 15.9. The van der Waals surface area contributed by atoms with E-state index in [2.05, 4.69) is 20.4 Å². The number of amides is 3. The van der Waals surface area contributed by atoms with E-state index >= 15 is 0 Å². The molecular formula is C27H35N5O6. The van der Waals surface area contributed by atoms with Gasteiger partial charge in [0.2, 0.25) is 17.7 Å². The molecule has 2 N–H and O–H groups in total. The van der Waals surface area contributed by atoms with E-state index in [1.54, 1.807) is 25.3 Å². The number of benzene rings is 2. The van der Waals surface area contributed by atoms with Crippen molar-refractivity contribution in [1.82, 2.24) is 15.1 Å². The number of carbonyl (C=O) groups excluding carboxylic acids is 3. The highest BCUT2D eigenvalue weighted by Gasteiger charge is 2.35. The van der Waals surface area contributed by atoms with Crippen LogP contribution in [-0.2, 0) is 14.4 Å². The molecule has 2 aliphatic heterocycles. The van der Waals surface area contributed by atoms with Crippen LogP contribution in [0.25, 0.3) is 0 Å². The molecule has 2 aliphatic rings. The summed E-state index contributed by atoms with van der Waals surface area (Å²) in [6.45, 7) is 3.88. The highest BCUT2D eigenvalue weighted by molar-refractivity contribution is 5.98. The van der Waals surface area contributed by atoms with Crippen molar-refractivity contribution in [2.45, 2.75) is 12.5 Å². The Kier molecular flexibility index (Phi) is 8.90. The summed E-state index contributed by atoms with van der Waals surface area (Å²) in [5.74, 6) is 0.937. The van der Waals surface area contributed by atoms with Gasteiger partial charge in [-0.3, -0.25) is 19.3 Å². The molecule has 1 atom stereocenters. The van der Waals surface area contributed by atoms with Gasteiger partial charge in [-0.15, -0.1) is 0 Å². The second-order valence-electron chi connectivity index (χ2n) is 9.18. The normalized spacial score (nSPS) is 18.0. The fourth-order valence-electron chi connectivity index (χ4n) is 4.76. The molecule has 2 fully saturated rings. The van der Waals surface area contributed by atoms with Crippen molar-refractivity contribution in [2.24, 2.45) is 0 Å². The molecule has 2 aromatic carbocycles. The summed E-state index contributed by atoms with van der Waals surface area (Å²) in [4.78, 5) is 44.8. The highest BCUT2D eigenvalue weighted by Crippen LogP contribution is 2.29. The van der Waals surface area contributed by atoms with Crippen LogP contribution in [0.2, 0.25) is 0 Å². The van der Waals surface area contributed by atoms with Gasteiger partial charge in [-0.25, -0.2) is 0 Å². The molecule has 204 valence electrons. The molecule has 2 heterocycles. The second kappa shape index (κ2) is 12.5. The van der Waals surface area contributed by atoms with Gasteiger partial charge in [0.05, 0.1) is 40.0 Å². The van der Waals surface area contributed by atoms with E-state index in [0.29, 0.717) is 43.4 Å². The lowest BCUT2D eigenvalue weighted by Gasteiger charge is -2.39. The Morgan fingerprint density at radius 2 is 1.68 bits per heavy atom. The Bertz CT molecular complexity index is 1150. The number of anilines is 2. The maximum Gasteiger partial charge on any atom is 0.243 e. The maximum absolute atomic E-state index is 13.3. The third-order valence-electron chi connectivity index (χ3n) is 6.86. The minimum absolute atomic E-state index is 0.161. The monoisotopic (exact) mass is 525 g/mol. The summed E-state index contributed by atoms with van der Waals surface area (Å²) in [7, 11) is 4.68. The van der Waals surface area contributed by atoms with Crippen molar-refractivity contribution in [3.63, 3.8) is 0 Å². The van der Waals surface area contributed by atoms with Gasteiger partial charge in [0.1, 0.15) is 23.3 Å². The molecule has 0 aromatic heterocycles. The van der Waals surface area contributed by atoms with Crippen molar-refractivity contribution < 1.29 is 28.6 Å². The average Bonchev–Trinajstić information content (AvgIpc) is 2.94. The number of methoxy groups -OCH3 is 3. The minimum Gasteiger partial charge on any atom is -0.497 e. The molecule has 0 spiro atoms. The lowest BCUT2D eigenvalue weighted by molar-refractivity contribution is -0.145. The Labute approximate surface area is 222 Å². The van der Waals surface area contributed by atoms with Gasteiger partial charge in [0.15, 0.2) is 0 Å². The molecule has 0 bridgehead atoms. The number of carbonyl (C=O) groups is 3. The predicted molar refractivity (Wildman–Crippen MR) is 143 cm³/mol. The lowest BCUT2D eigenvalue weighted by atomic mass is 10.1. The van der Waals surface area contributed by atoms with Crippen LogP contribution in [-0.4, -0.2) is 101 Å². The van der Waals surface area contributed by atoms with Gasteiger partial charge in [-0.2, -0.15) is 0 Å². The van der Waals surface area contributed by atoms with Gasteiger partial charge < -0.3 is 34.6 Å². The quantitative estimate of drug-likeness (QED) is 0.502. The van der Waals surface area contributed by atoms with Crippen molar-refractivity contribution in [3.05, 3.63) is 42.5 Å². The average molecular weight is 526 g/mol. The fourth-order valence-corrected chi connectivity index (χ4v) is 4.76. The van der Waals surface area contributed by atoms with E-state index in [9.17, 15) is 14.4 Å². The number of ether oxygens (including phenoxy) is 3. The highest BCUT2D eigenvalue weighted by atomic mass is 16.5. The first-order valence-corrected chi connectivity index (χ1v) is 12.6. The standard InChI is InChI=1S/C27H35N5O6/c1-36-20-6-4-5-19(15-20)31-13-11-30(12-14-31)18-26(34)32-10-9-28-27(35)23(32)17-25(33)29-22-16-21(37-2)7-8-24(22)38-3/h4-8,15-16,23H,9-14,17-18H2,1-3H3,(H,28,35)(H,29,33)/t23-/m0/s1. The number of hydrogen-bond acceptors (Lipinski definition) is 8. The van der Waals surface area contributed by atoms with Crippen LogP contribution >= 0.6 is 0 Å². The Morgan fingerprint density at radius 3 is 2.39 bits per heavy atom. The number of piperazine rings is 2. The largest absolute Gasteiger partial charge is 0.497 e. The van der Waals surface area contributed by atoms with Crippen molar-refractivity contribution in [2.75, 3.05) is 77.4 Å². The molecule has 2 aromatic rings. The number of nitrogens with zero attached hydrogens (tertiary/aromatic N) is 3. The summed E-state index contributed by atoms with van der Waals surface area (Å²) in [5.41, 5.74) is 1.52. The SMILES string of the molecule is COc1cccc(N2CCN(CC(=O)N3CCNC(=O)[C@@H]3CC(=O)Nc3cc(OC)ccc3OC)CC2)c1. The van der Waals surface area contributed by atoms with Gasteiger partial charge in [0, 0.05) is 57.1 Å². The van der Waals surface area contributed by atoms with E-state index < -0.39 is 11.9 Å². The summed E-state index contributed by atoms with van der Waals surface area (Å²) in [5, 5.41) is 5.56. The summed E-state index contributed by atoms with van der Waals surface area (Å²) in [6.07, 6.45) is -0.165. The second-order valence-corrected chi connectivity index (χ2v) is 9.18. The van der Waals surface area contributed by atoms with E-state index in [4.69, 9.17) is 14.2 Å². The Morgan fingerprint density at radius 1 is 0.947 bits per heavy atom. The number of rotatable bonds is 9. The number of hydrogen-bond donors (Lipinski definition) is 2. The van der Waals surface area contributed by atoms with Gasteiger partial charge in [-0.05, 0) is 24.3 Å². The molecule has 38 heavy (non-hydrogen) atoms. The molecule has 11 nitrogen and oxygen atoms in total. The zero-order valence-electron chi connectivity index (χ0n) is 22.1. The first-order valence-electron chi connectivity index (χ1n) is 12.6. The first kappa shape index (κ1) is 27.1. The van der Waals surface area contributed by atoms with E-state index in [-0.39, 0.29) is 24.8 Å². The topological polar surface area (TPSA) is 113 Å². The molecule has 4 rings (SSSR count). The van der Waals surface area contributed by atoms with Crippen LogP contribution < -0.4 is 29.7 Å². The van der Waals surface area contributed by atoms with Crippen LogP contribution in [0.3, 0.4) is 0 Å². The van der Waals surface area contributed by atoms with E-state index in [1.807, 2.05) is 24.3 Å². The third kappa shape index (κ3) is 6.46. The van der Waals surface area contributed by atoms with Crippen molar-refractivity contribution >= 4 is 29.1 Å². The molecule has 0 aliphatic carbocycles. The van der Waals surface area contributed by atoms with Crippen LogP contribution in [0, 0.1) is 0 Å². The van der Waals surface area contributed by atoms with Crippen molar-refractivity contribution in [3.8, 4) is 17.2 Å². The van der Waals surface area contributed by atoms with Gasteiger partial charge in [0.25, 0.3) is 0 Å². The lowest BCUT2D eigenvalue weighted by Crippen LogP contribution is -2.60. The zero-order chi connectivity index (χ0) is 27.1. The maximum atomic E-state index is 13.3. The van der Waals surface area contributed by atoms with Gasteiger partial charge >= 0.3 is 0 Å². The van der Waals surface area contributed by atoms with Crippen molar-refractivity contribution in [1.29, 1.82) is 0 Å². The molecule has 0 saturated carbocycles. The molecule has 0 unspecified atom stereocenters. The minimum atomic E-state index is -0.883. The molecular weight excluding hydrogens is 490 g/mol. The smallest absolute Gasteiger partial charge is 0.243 e. The van der Waals surface area contributed by atoms with Crippen LogP contribution in [0.4, 0.5) is 11.4 Å². The molecule has 3 amide bonds. The zero-order valence-corrected chi connectivity index (χ0v) is 22.1. The molecule has 0 radical (unpaired) electrons. The van der Waals surface area contributed by atoms with Crippen LogP contribution in [0.5, 0.6) is 17.2 Å². The van der Waals surface area contributed by atoms with Crippen LogP contribution in [0.1, 0.15) is 6.42 Å². The van der Waals surface area contributed by atoms with E-state index in [0.717, 1.165) is 24.5 Å². The number of nitrogens with one attached hydrogen (secondary N) is 2. The predicted octanol–water partition coefficient (Wildman–Crippen LogP) is 1.19. The Balaban J connectivity index is 1.35. The van der Waals surface area contributed by atoms with Gasteiger partial charge in [-0.1, -0.05) is 6.07 Å². The third-order valence-corrected chi connectivity index (χ3v) is 6.86. The first-order chi connectivity index (χ1) is 18.4. The summed E-state index contributed by atoms with van der Waals surface area (Å²) >= 11 is 0. The van der Waals surface area contributed by atoms with Crippen LogP contribution in [0.15, 0.2) is 42.5 Å². The molecule has 11 heteroatoms. The summed E-state index contributed by atoms with van der Waals surface area (Å²) in [6, 6.07) is 12.1. The van der Waals surface area contributed by atoms with E-state index in [1.165, 1.54) is 19.1 Å². The molecule has 2 saturated heterocycles. The fraction of sp³-hybridized carbons (Fsp3) is 0.444.